The van der Waals surface area contributed by atoms with Crippen LogP contribution in [-0.2, 0) is 6.61 Å². The number of hydrogen-bond donors (Lipinski definition) is 1. The Morgan fingerprint density at radius 3 is 2.21 bits per heavy atom. The van der Waals surface area contributed by atoms with Gasteiger partial charge in [0.15, 0.2) is 0 Å². The van der Waals surface area contributed by atoms with E-state index in [9.17, 15) is 4.79 Å². The Balaban J connectivity index is 1.69. The summed E-state index contributed by atoms with van der Waals surface area (Å²) in [5, 5.41) is 8.96. The van der Waals surface area contributed by atoms with Gasteiger partial charge in [0, 0.05) is 6.21 Å². The summed E-state index contributed by atoms with van der Waals surface area (Å²) in [7, 11) is 1.63. The number of halogens is 2. The first-order valence-corrected chi connectivity index (χ1v) is 10.2. The number of carboxylic acid groups (broad SMARTS) is 1. The minimum Gasteiger partial charge on any atom is -0.497 e. The average molecular weight is 519 g/mol. The predicted octanol–water partition coefficient (Wildman–Crippen LogP) is 6.25. The third kappa shape index (κ3) is 5.68. The normalized spacial score (nSPS) is 10.9. The number of ether oxygens (including phenoxy) is 2. The van der Waals surface area contributed by atoms with Gasteiger partial charge in [0.2, 0.25) is 0 Å². The third-order valence-corrected chi connectivity index (χ3v) is 5.22. The van der Waals surface area contributed by atoms with Crippen molar-refractivity contribution < 1.29 is 19.4 Å². The van der Waals surface area contributed by atoms with Crippen molar-refractivity contribution in [3.05, 3.63) is 86.3 Å². The minimum absolute atomic E-state index is 0.247. The number of rotatable bonds is 7. The van der Waals surface area contributed by atoms with Crippen LogP contribution in [-0.4, -0.2) is 24.4 Å². The van der Waals surface area contributed by atoms with E-state index in [1.165, 1.54) is 0 Å². The summed E-state index contributed by atoms with van der Waals surface area (Å²) in [5.74, 6) is 0.497. The molecule has 0 atom stereocenters. The van der Waals surface area contributed by atoms with Gasteiger partial charge in [0.05, 0.1) is 27.3 Å². The topological polar surface area (TPSA) is 68.1 Å². The first kappa shape index (κ1) is 21.1. The lowest BCUT2D eigenvalue weighted by molar-refractivity contribution is 0.0697. The van der Waals surface area contributed by atoms with Crippen LogP contribution in [0.15, 0.2) is 74.6 Å². The molecule has 5 nitrogen and oxygen atoms in total. The Kier molecular flexibility index (Phi) is 7.06. The summed E-state index contributed by atoms with van der Waals surface area (Å²) >= 11 is 7.07. The van der Waals surface area contributed by atoms with Crippen molar-refractivity contribution in [1.29, 1.82) is 0 Å². The van der Waals surface area contributed by atoms with Gasteiger partial charge in [0.1, 0.15) is 18.1 Å². The molecular formula is C22H17Br2NO4. The van der Waals surface area contributed by atoms with Crippen LogP contribution in [0, 0.1) is 0 Å². The quantitative estimate of drug-likeness (QED) is 0.375. The number of nitrogens with zero attached hydrogens (tertiary/aromatic N) is 1. The second-order valence-electron chi connectivity index (χ2n) is 6.06. The number of methoxy groups -OCH3 is 1. The Morgan fingerprint density at radius 1 is 1.03 bits per heavy atom. The first-order chi connectivity index (χ1) is 14.0. The van der Waals surface area contributed by atoms with Gasteiger partial charge in [-0.25, -0.2) is 4.79 Å². The van der Waals surface area contributed by atoms with Gasteiger partial charge in [0.25, 0.3) is 0 Å². The van der Waals surface area contributed by atoms with E-state index >= 15 is 0 Å². The highest BCUT2D eigenvalue weighted by atomic mass is 79.9. The van der Waals surface area contributed by atoms with Crippen molar-refractivity contribution in [2.24, 2.45) is 4.99 Å². The lowest BCUT2D eigenvalue weighted by Crippen LogP contribution is -2.00. The molecular weight excluding hydrogens is 502 g/mol. The van der Waals surface area contributed by atoms with Crippen LogP contribution < -0.4 is 9.47 Å². The molecule has 0 saturated heterocycles. The fourth-order valence-corrected chi connectivity index (χ4v) is 3.96. The van der Waals surface area contributed by atoms with Crippen LogP contribution in [0.4, 0.5) is 5.69 Å². The fourth-order valence-electron chi connectivity index (χ4n) is 2.51. The van der Waals surface area contributed by atoms with Gasteiger partial charge in [-0.3, -0.25) is 4.99 Å². The fraction of sp³-hybridized carbons (Fsp3) is 0.0909. The maximum atomic E-state index is 10.9. The number of carboxylic acids is 1. The Morgan fingerprint density at radius 2 is 1.66 bits per heavy atom. The molecule has 0 heterocycles. The van der Waals surface area contributed by atoms with E-state index in [2.05, 4.69) is 36.9 Å². The highest BCUT2D eigenvalue weighted by Gasteiger charge is 2.09. The summed E-state index contributed by atoms with van der Waals surface area (Å²) in [6.45, 7) is 0.316. The molecule has 0 radical (unpaired) electrons. The van der Waals surface area contributed by atoms with Gasteiger partial charge >= 0.3 is 5.97 Å². The van der Waals surface area contributed by atoms with Gasteiger partial charge in [-0.05, 0) is 91.5 Å². The van der Waals surface area contributed by atoms with E-state index in [0.29, 0.717) is 12.4 Å². The molecule has 0 amide bonds. The van der Waals surface area contributed by atoms with E-state index in [-0.39, 0.29) is 5.56 Å². The van der Waals surface area contributed by atoms with Crippen LogP contribution in [0.5, 0.6) is 11.5 Å². The number of carbonyl (C=O) groups is 1. The van der Waals surface area contributed by atoms with Crippen molar-refractivity contribution in [2.45, 2.75) is 6.61 Å². The summed E-state index contributed by atoms with van der Waals surface area (Å²) in [6, 6.07) is 17.9. The molecule has 1 N–H and O–H groups in total. The van der Waals surface area contributed by atoms with E-state index < -0.39 is 5.97 Å². The third-order valence-electron chi connectivity index (χ3n) is 4.04. The van der Waals surface area contributed by atoms with Crippen molar-refractivity contribution in [3.63, 3.8) is 0 Å². The number of benzene rings is 3. The summed E-state index contributed by atoms with van der Waals surface area (Å²) in [6.07, 6.45) is 1.77. The van der Waals surface area contributed by atoms with Gasteiger partial charge in [-0.15, -0.1) is 0 Å². The molecule has 0 aliphatic heterocycles. The molecule has 0 aliphatic rings. The molecule has 0 aromatic heterocycles. The zero-order chi connectivity index (χ0) is 20.8. The second kappa shape index (κ2) is 9.71. The maximum absolute atomic E-state index is 10.9. The molecule has 0 saturated carbocycles. The zero-order valence-electron chi connectivity index (χ0n) is 15.4. The highest BCUT2D eigenvalue weighted by molar-refractivity contribution is 9.11. The Bertz CT molecular complexity index is 1010. The molecule has 0 spiro atoms. The van der Waals surface area contributed by atoms with Crippen molar-refractivity contribution in [3.8, 4) is 11.5 Å². The zero-order valence-corrected chi connectivity index (χ0v) is 18.6. The van der Waals surface area contributed by atoms with E-state index in [4.69, 9.17) is 14.6 Å². The molecule has 29 heavy (non-hydrogen) atoms. The Labute approximate surface area is 185 Å². The van der Waals surface area contributed by atoms with Crippen molar-refractivity contribution >= 4 is 49.7 Å². The molecule has 148 valence electrons. The molecule has 3 rings (SSSR count). The van der Waals surface area contributed by atoms with E-state index in [0.717, 1.165) is 31.5 Å². The van der Waals surface area contributed by atoms with Gasteiger partial charge in [-0.2, -0.15) is 0 Å². The van der Waals surface area contributed by atoms with Crippen LogP contribution in [0.25, 0.3) is 0 Å². The molecule has 7 heteroatoms. The monoisotopic (exact) mass is 517 g/mol. The SMILES string of the molecule is COc1ccc(N=Cc2cc(Br)c(OCc3ccc(C(=O)O)cc3)c(Br)c2)cc1. The lowest BCUT2D eigenvalue weighted by Gasteiger charge is -2.11. The number of aromatic carboxylic acids is 1. The van der Waals surface area contributed by atoms with Crippen LogP contribution in [0.3, 0.4) is 0 Å². The van der Waals surface area contributed by atoms with Crippen LogP contribution >= 0.6 is 31.9 Å². The maximum Gasteiger partial charge on any atom is 0.335 e. The average Bonchev–Trinajstić information content (AvgIpc) is 2.72. The van der Waals surface area contributed by atoms with E-state index in [1.807, 2.05) is 36.4 Å². The Hall–Kier alpha value is -2.64. The summed E-state index contributed by atoms with van der Waals surface area (Å²) in [4.78, 5) is 15.4. The molecule has 3 aromatic rings. The molecule has 0 unspecified atom stereocenters. The van der Waals surface area contributed by atoms with Gasteiger partial charge in [-0.1, -0.05) is 12.1 Å². The summed E-state index contributed by atoms with van der Waals surface area (Å²) < 4.78 is 12.6. The number of aliphatic imine (C=N–C) groups is 1. The lowest BCUT2D eigenvalue weighted by atomic mass is 10.1. The van der Waals surface area contributed by atoms with E-state index in [1.54, 1.807) is 37.6 Å². The molecule has 0 fully saturated rings. The summed E-state index contributed by atoms with van der Waals surface area (Å²) in [5.41, 5.74) is 2.84. The smallest absolute Gasteiger partial charge is 0.335 e. The molecule has 0 aliphatic carbocycles. The predicted molar refractivity (Wildman–Crippen MR) is 120 cm³/mol. The molecule has 3 aromatic carbocycles. The first-order valence-electron chi connectivity index (χ1n) is 8.58. The van der Waals surface area contributed by atoms with Crippen LogP contribution in [0.1, 0.15) is 21.5 Å². The standard InChI is InChI=1S/C22H17Br2NO4/c1-28-18-8-6-17(7-9-18)25-12-15-10-19(23)21(20(24)11-15)29-13-14-2-4-16(5-3-14)22(26)27/h2-12H,13H2,1H3,(H,26,27). The highest BCUT2D eigenvalue weighted by Crippen LogP contribution is 2.35. The van der Waals surface area contributed by atoms with Crippen LogP contribution in [0.2, 0.25) is 0 Å². The molecule has 0 bridgehead atoms. The second-order valence-corrected chi connectivity index (χ2v) is 7.77. The number of hydrogen-bond acceptors (Lipinski definition) is 4. The van der Waals surface area contributed by atoms with Gasteiger partial charge < -0.3 is 14.6 Å². The minimum atomic E-state index is -0.949. The largest absolute Gasteiger partial charge is 0.497 e. The van der Waals surface area contributed by atoms with Crippen molar-refractivity contribution in [1.82, 2.24) is 0 Å². The van der Waals surface area contributed by atoms with Crippen molar-refractivity contribution in [2.75, 3.05) is 7.11 Å².